The highest BCUT2D eigenvalue weighted by atomic mass is 32.1. The molecule has 0 saturated heterocycles. The van der Waals surface area contributed by atoms with Gasteiger partial charge in [0.25, 0.3) is 0 Å². The minimum atomic E-state index is -0.651. The van der Waals surface area contributed by atoms with Crippen LogP contribution in [0.2, 0.25) is 0 Å². The van der Waals surface area contributed by atoms with Crippen LogP contribution in [0.1, 0.15) is 0 Å². The lowest BCUT2D eigenvalue weighted by molar-refractivity contribution is 0.584. The summed E-state index contributed by atoms with van der Waals surface area (Å²) in [6.07, 6.45) is 0. The van der Waals surface area contributed by atoms with Gasteiger partial charge in [0, 0.05) is 11.6 Å². The van der Waals surface area contributed by atoms with Gasteiger partial charge in [-0.15, -0.1) is 0 Å². The van der Waals surface area contributed by atoms with Crippen LogP contribution in [-0.4, -0.2) is 15.2 Å². The number of H-pyrrole nitrogens is 2. The maximum atomic E-state index is 12.8. The van der Waals surface area contributed by atoms with Gasteiger partial charge < -0.3 is 0 Å². The fraction of sp³-hybridized carbons (Fsp3) is 0. The first kappa shape index (κ1) is 9.01. The summed E-state index contributed by atoms with van der Waals surface area (Å²) < 4.78 is 25.8. The molecule has 6 heteroatoms. The van der Waals surface area contributed by atoms with Crippen molar-refractivity contribution in [1.29, 1.82) is 0 Å². The molecule has 2 N–H and O–H groups in total. The zero-order valence-electron chi connectivity index (χ0n) is 6.84. The highest BCUT2D eigenvalue weighted by Crippen LogP contribution is 2.16. The molecule has 0 aliphatic heterocycles. The van der Waals surface area contributed by atoms with Gasteiger partial charge in [-0.05, 0) is 24.4 Å². The van der Waals surface area contributed by atoms with E-state index >= 15 is 0 Å². The second-order valence-corrected chi connectivity index (χ2v) is 3.06. The first-order chi connectivity index (χ1) is 6.65. The van der Waals surface area contributed by atoms with Gasteiger partial charge in [-0.3, -0.25) is 10.2 Å². The minimum absolute atomic E-state index is 0.240. The van der Waals surface area contributed by atoms with E-state index in [0.29, 0.717) is 11.4 Å². The molecule has 1 heterocycles. The molecule has 3 nitrogen and oxygen atoms in total. The minimum Gasteiger partial charge on any atom is -0.282 e. The van der Waals surface area contributed by atoms with E-state index in [9.17, 15) is 8.78 Å². The Bertz CT molecular complexity index is 497. The highest BCUT2D eigenvalue weighted by Gasteiger charge is 2.05. The van der Waals surface area contributed by atoms with Crippen LogP contribution >= 0.6 is 12.2 Å². The second-order valence-electron chi connectivity index (χ2n) is 2.67. The quantitative estimate of drug-likeness (QED) is 0.714. The molecule has 72 valence electrons. The van der Waals surface area contributed by atoms with Crippen molar-refractivity contribution in [1.82, 2.24) is 15.2 Å². The van der Waals surface area contributed by atoms with Crippen molar-refractivity contribution in [2.24, 2.45) is 0 Å². The third kappa shape index (κ3) is 1.69. The molecule has 0 fully saturated rings. The summed E-state index contributed by atoms with van der Waals surface area (Å²) in [6, 6.07) is 3.14. The summed E-state index contributed by atoms with van der Waals surface area (Å²) in [5.74, 6) is -0.988. The Labute approximate surface area is 82.8 Å². The largest absolute Gasteiger partial charge is 0.282 e. The molecule has 1 aromatic carbocycles. The summed E-state index contributed by atoms with van der Waals surface area (Å²) in [5.41, 5.74) is 0.315. The summed E-state index contributed by atoms with van der Waals surface area (Å²) >= 11 is 4.71. The molecule has 0 atom stereocenters. The van der Waals surface area contributed by atoms with Crippen molar-refractivity contribution in [2.75, 3.05) is 0 Å². The number of benzene rings is 1. The lowest BCUT2D eigenvalue weighted by Crippen LogP contribution is -1.85. The van der Waals surface area contributed by atoms with Crippen LogP contribution in [0.3, 0.4) is 0 Å². The van der Waals surface area contributed by atoms with Crippen molar-refractivity contribution >= 4 is 12.2 Å². The molecule has 0 radical (unpaired) electrons. The molecular weight excluding hydrogens is 208 g/mol. The van der Waals surface area contributed by atoms with Crippen molar-refractivity contribution in [3.05, 3.63) is 34.6 Å². The maximum Gasteiger partial charge on any atom is 0.213 e. The molecule has 0 bridgehead atoms. The third-order valence-electron chi connectivity index (χ3n) is 1.64. The average Bonchev–Trinajstić information content (AvgIpc) is 2.50. The molecule has 2 rings (SSSR count). The van der Waals surface area contributed by atoms with Crippen LogP contribution in [0.5, 0.6) is 0 Å². The van der Waals surface area contributed by atoms with Crippen molar-refractivity contribution in [3.8, 4) is 11.4 Å². The van der Waals surface area contributed by atoms with Crippen LogP contribution in [0.25, 0.3) is 11.4 Å². The Morgan fingerprint density at radius 3 is 2.21 bits per heavy atom. The summed E-state index contributed by atoms with van der Waals surface area (Å²) in [4.78, 5) is 3.83. The fourth-order valence-electron chi connectivity index (χ4n) is 1.10. The lowest BCUT2D eigenvalue weighted by Gasteiger charge is -1.96. The molecule has 0 spiro atoms. The molecule has 0 aliphatic carbocycles. The number of halogens is 2. The van der Waals surface area contributed by atoms with Crippen LogP contribution in [-0.2, 0) is 0 Å². The van der Waals surface area contributed by atoms with E-state index in [4.69, 9.17) is 12.2 Å². The molecule has 2 aromatic rings. The predicted octanol–water partition coefficient (Wildman–Crippen LogP) is 2.41. The lowest BCUT2D eigenvalue weighted by atomic mass is 10.2. The van der Waals surface area contributed by atoms with Gasteiger partial charge in [0.1, 0.15) is 11.6 Å². The zero-order valence-corrected chi connectivity index (χ0v) is 7.66. The van der Waals surface area contributed by atoms with Crippen molar-refractivity contribution in [2.45, 2.75) is 0 Å². The third-order valence-corrected chi connectivity index (χ3v) is 1.83. The Balaban J connectivity index is 2.56. The summed E-state index contributed by atoms with van der Waals surface area (Å²) in [7, 11) is 0. The van der Waals surface area contributed by atoms with Gasteiger partial charge in [-0.1, -0.05) is 0 Å². The first-order valence-electron chi connectivity index (χ1n) is 3.76. The fourth-order valence-corrected chi connectivity index (χ4v) is 1.24. The van der Waals surface area contributed by atoms with Gasteiger partial charge in [-0.2, -0.15) is 4.98 Å². The maximum absolute atomic E-state index is 12.8. The molecule has 1 aromatic heterocycles. The molecule has 0 aliphatic rings. The number of rotatable bonds is 1. The van der Waals surface area contributed by atoms with Gasteiger partial charge >= 0.3 is 0 Å². The molecule has 0 unspecified atom stereocenters. The molecule has 0 amide bonds. The van der Waals surface area contributed by atoms with E-state index in [1.807, 2.05) is 0 Å². The van der Waals surface area contributed by atoms with Crippen LogP contribution < -0.4 is 0 Å². The van der Waals surface area contributed by atoms with E-state index in [2.05, 4.69) is 15.2 Å². The van der Waals surface area contributed by atoms with Gasteiger partial charge in [0.2, 0.25) is 4.77 Å². The number of aromatic amines is 2. The van der Waals surface area contributed by atoms with Gasteiger partial charge in [0.15, 0.2) is 5.82 Å². The number of aromatic nitrogens is 3. The number of nitrogens with one attached hydrogen (secondary N) is 2. The van der Waals surface area contributed by atoms with E-state index in [-0.39, 0.29) is 4.77 Å². The highest BCUT2D eigenvalue weighted by molar-refractivity contribution is 7.71. The molecule has 0 saturated carbocycles. The Kier molecular flexibility index (Phi) is 2.12. The normalized spacial score (nSPS) is 10.4. The average molecular weight is 213 g/mol. The van der Waals surface area contributed by atoms with Crippen LogP contribution in [0, 0.1) is 16.4 Å². The smallest absolute Gasteiger partial charge is 0.213 e. The van der Waals surface area contributed by atoms with Crippen molar-refractivity contribution < 1.29 is 8.78 Å². The Hall–Kier alpha value is -1.56. The zero-order chi connectivity index (χ0) is 10.1. The molecule has 14 heavy (non-hydrogen) atoms. The monoisotopic (exact) mass is 213 g/mol. The topological polar surface area (TPSA) is 44.5 Å². The van der Waals surface area contributed by atoms with Gasteiger partial charge in [0.05, 0.1) is 0 Å². The van der Waals surface area contributed by atoms with E-state index < -0.39 is 11.6 Å². The number of nitrogens with zero attached hydrogens (tertiary/aromatic N) is 1. The number of hydrogen-bond acceptors (Lipinski definition) is 2. The SMILES string of the molecule is Fc1cc(F)cc(-c2nc(=S)[nH][nH]2)c1. The molecular formula is C8H5F2N3S. The number of hydrogen-bond donors (Lipinski definition) is 2. The van der Waals surface area contributed by atoms with E-state index in [1.165, 1.54) is 12.1 Å². The van der Waals surface area contributed by atoms with Gasteiger partial charge in [-0.25, -0.2) is 8.78 Å². The summed E-state index contributed by atoms with van der Waals surface area (Å²) in [6.45, 7) is 0. The Morgan fingerprint density at radius 2 is 1.71 bits per heavy atom. The predicted molar refractivity (Wildman–Crippen MR) is 49.1 cm³/mol. The van der Waals surface area contributed by atoms with Crippen molar-refractivity contribution in [3.63, 3.8) is 0 Å². The van der Waals surface area contributed by atoms with Crippen LogP contribution in [0.4, 0.5) is 8.78 Å². The Morgan fingerprint density at radius 1 is 1.07 bits per heavy atom. The summed E-state index contributed by atoms with van der Waals surface area (Å²) in [5, 5.41) is 5.14. The second kappa shape index (κ2) is 3.30. The standard InChI is InChI=1S/C8H5F2N3S/c9-5-1-4(2-6(10)3-5)7-11-8(14)13-12-7/h1-3H,(H2,11,12,13,14). The van der Waals surface area contributed by atoms with Crippen LogP contribution in [0.15, 0.2) is 18.2 Å². The first-order valence-corrected chi connectivity index (χ1v) is 4.17. The van der Waals surface area contributed by atoms with E-state index in [1.54, 1.807) is 0 Å². The van der Waals surface area contributed by atoms with E-state index in [0.717, 1.165) is 6.07 Å².